The van der Waals surface area contributed by atoms with Gasteiger partial charge in [0.05, 0.1) is 31.2 Å². The fraction of sp³-hybridized carbons (Fsp3) is 0.662. The standard InChI is InChI=1S/C74H120N18O25/c1-9-39(6)59(74(117)92-31-17-22-51(92)70(113)80-35-53(96)79-36-57(103)104)89-69(112)50(34-52(78)95)87-65(108)47(25-28-56(101)102)84-72(115)60(40(7)93)91-73(116)61(41(8)94)90-66(109)45(21-14-16-30-76)82-67(110)48(32-37(2)3)85-63(106)44(20-13-15-29-75)81-68(111)49(33-42-18-11-10-12-19-42)86-64(107)46(24-27-55(99)100)83-71(114)58(38(4)5)88-62(105)43(77)23-26-54(97)98/h10-12,18-19,37-41,43-51,58-61,93-94H,9,13-17,20-36,75-77H2,1-8H3,(H2,78,95)(H,79,96)(H,80,113)(H,81,111)(H,82,110)(H,83,114)(H,84,115)(H,85,106)(H,86,107)(H,87,108)(H,88,105)(H,89,112)(H,90,109)(H,91,116)(H,97,98)(H,99,100)(H,101,102)(H,103,104)/t39-,40+,41+,43-,44-,45-,46-,47-,48-,49-,50-,51-,58-,59-,60-,61-/m0/s1. The Balaban J connectivity index is 2.53. The number of aliphatic hydroxyl groups is 2. The van der Waals surface area contributed by atoms with E-state index in [1.54, 1.807) is 71.9 Å². The smallest absolute Gasteiger partial charge is 0.322 e. The van der Waals surface area contributed by atoms with Crippen molar-refractivity contribution in [3.63, 3.8) is 0 Å². The first-order valence-corrected chi connectivity index (χ1v) is 38.9. The quantitative estimate of drug-likeness (QED) is 0.0270. The third-order valence-corrected chi connectivity index (χ3v) is 18.9. The number of aliphatic hydroxyl groups excluding tert-OH is 2. The number of carbonyl (C=O) groups is 19. The van der Waals surface area contributed by atoms with E-state index >= 15 is 0 Å². The minimum atomic E-state index is -2.10. The number of hydrogen-bond acceptors (Lipinski definition) is 24. The van der Waals surface area contributed by atoms with E-state index in [4.69, 9.17) is 33.1 Å². The van der Waals surface area contributed by atoms with E-state index < -0.39 is 267 Å². The van der Waals surface area contributed by atoms with Gasteiger partial charge in [0.15, 0.2) is 0 Å². The number of primary amides is 1. The van der Waals surface area contributed by atoms with E-state index in [0.717, 1.165) is 18.7 Å². The van der Waals surface area contributed by atoms with Gasteiger partial charge in [-0.2, -0.15) is 0 Å². The molecule has 15 amide bonds. The lowest BCUT2D eigenvalue weighted by molar-refractivity contribution is -0.143. The molecule has 0 aromatic heterocycles. The van der Waals surface area contributed by atoms with Crippen LogP contribution in [0.25, 0.3) is 0 Å². The molecule has 0 aliphatic carbocycles. The molecular formula is C74H120N18O25. The van der Waals surface area contributed by atoms with Crippen molar-refractivity contribution in [3.05, 3.63) is 35.9 Å². The largest absolute Gasteiger partial charge is 0.481 e. The number of nitrogens with two attached hydrogens (primary N) is 4. The van der Waals surface area contributed by atoms with Crippen LogP contribution in [0.5, 0.6) is 0 Å². The van der Waals surface area contributed by atoms with Crippen LogP contribution in [0.4, 0.5) is 0 Å². The lowest BCUT2D eigenvalue weighted by Gasteiger charge is -2.32. The number of likely N-dealkylation sites (tertiary alicyclic amines) is 1. The Morgan fingerprint density at radius 3 is 1.32 bits per heavy atom. The molecular weight excluding hydrogens is 1540 g/mol. The summed E-state index contributed by atoms with van der Waals surface area (Å²) >= 11 is 0. The molecule has 1 saturated heterocycles. The highest BCUT2D eigenvalue weighted by Gasteiger charge is 2.43. The molecule has 43 nitrogen and oxygen atoms in total. The first-order valence-electron chi connectivity index (χ1n) is 38.9. The molecule has 1 aromatic carbocycles. The molecule has 0 radical (unpaired) electrons. The molecule has 16 atom stereocenters. The Morgan fingerprint density at radius 1 is 0.453 bits per heavy atom. The van der Waals surface area contributed by atoms with Crippen molar-refractivity contribution >= 4 is 112 Å². The number of amides is 15. The van der Waals surface area contributed by atoms with Crippen LogP contribution in [0.3, 0.4) is 0 Å². The van der Waals surface area contributed by atoms with Crippen molar-refractivity contribution in [1.29, 1.82) is 0 Å². The van der Waals surface area contributed by atoms with Crippen molar-refractivity contribution in [2.75, 3.05) is 32.7 Å². The second-order valence-corrected chi connectivity index (χ2v) is 29.5. The molecule has 2 rings (SSSR count). The van der Waals surface area contributed by atoms with Crippen LogP contribution in [0.1, 0.15) is 170 Å². The fourth-order valence-electron chi connectivity index (χ4n) is 12.1. The molecule has 1 heterocycles. The number of hydrogen-bond donors (Lipinski definition) is 23. The molecule has 0 spiro atoms. The van der Waals surface area contributed by atoms with E-state index in [1.807, 2.05) is 0 Å². The van der Waals surface area contributed by atoms with Crippen LogP contribution in [0, 0.1) is 17.8 Å². The fourth-order valence-corrected chi connectivity index (χ4v) is 12.1. The van der Waals surface area contributed by atoms with E-state index in [-0.39, 0.29) is 89.8 Å². The van der Waals surface area contributed by atoms with Crippen molar-refractivity contribution in [3.8, 4) is 0 Å². The van der Waals surface area contributed by atoms with E-state index in [1.165, 1.54) is 0 Å². The zero-order valence-electron chi connectivity index (χ0n) is 67.2. The van der Waals surface area contributed by atoms with Gasteiger partial charge in [0.25, 0.3) is 0 Å². The van der Waals surface area contributed by atoms with Gasteiger partial charge >= 0.3 is 23.9 Å². The molecule has 0 unspecified atom stereocenters. The molecule has 117 heavy (non-hydrogen) atoms. The van der Waals surface area contributed by atoms with Gasteiger partial charge in [-0.15, -0.1) is 0 Å². The molecule has 1 aliphatic rings. The molecule has 0 bridgehead atoms. The van der Waals surface area contributed by atoms with E-state index in [2.05, 4.69) is 69.1 Å². The van der Waals surface area contributed by atoms with Crippen molar-refractivity contribution in [2.24, 2.45) is 40.7 Å². The Kier molecular flexibility index (Phi) is 45.8. The average Bonchev–Trinajstić information content (AvgIpc) is 1.73. The topological polar surface area (TPSA) is 709 Å². The van der Waals surface area contributed by atoms with Gasteiger partial charge < -0.3 is 128 Å². The number of carbonyl (C=O) groups excluding carboxylic acids is 15. The van der Waals surface area contributed by atoms with E-state index in [9.17, 15) is 112 Å². The van der Waals surface area contributed by atoms with Crippen LogP contribution in [0.2, 0.25) is 0 Å². The molecule has 656 valence electrons. The molecule has 1 aromatic rings. The molecule has 27 N–H and O–H groups in total. The summed E-state index contributed by atoms with van der Waals surface area (Å²) in [6.07, 6.45) is -7.35. The molecule has 1 aliphatic heterocycles. The number of nitrogens with one attached hydrogen (secondary N) is 13. The van der Waals surface area contributed by atoms with Crippen LogP contribution < -0.4 is 92.1 Å². The minimum Gasteiger partial charge on any atom is -0.481 e. The first kappa shape index (κ1) is 102. The van der Waals surface area contributed by atoms with Crippen molar-refractivity contribution in [2.45, 2.75) is 262 Å². The van der Waals surface area contributed by atoms with Gasteiger partial charge in [-0.3, -0.25) is 91.1 Å². The van der Waals surface area contributed by atoms with Gasteiger partial charge in [0.2, 0.25) is 88.6 Å². The summed E-state index contributed by atoms with van der Waals surface area (Å²) in [5, 5.41) is 90.7. The second-order valence-electron chi connectivity index (χ2n) is 29.5. The normalized spacial score (nSPS) is 16.3. The average molecular weight is 1660 g/mol. The summed E-state index contributed by atoms with van der Waals surface area (Å²) in [6, 6.07) is -13.0. The Bertz CT molecular complexity index is 3570. The third-order valence-electron chi connectivity index (χ3n) is 18.9. The predicted molar refractivity (Wildman–Crippen MR) is 415 cm³/mol. The number of unbranched alkanes of at least 4 members (excludes halogenated alkanes) is 2. The summed E-state index contributed by atoms with van der Waals surface area (Å²) in [6.45, 7) is 10.6. The highest BCUT2D eigenvalue weighted by atomic mass is 16.4. The van der Waals surface area contributed by atoms with Crippen LogP contribution >= 0.6 is 0 Å². The van der Waals surface area contributed by atoms with Crippen molar-refractivity contribution < 1.29 is 122 Å². The molecule has 1 fully saturated rings. The summed E-state index contributed by atoms with van der Waals surface area (Å²) in [7, 11) is 0. The number of benzene rings is 1. The molecule has 43 heteroatoms. The highest BCUT2D eigenvalue weighted by molar-refractivity contribution is 6.01. The monoisotopic (exact) mass is 1660 g/mol. The van der Waals surface area contributed by atoms with Crippen LogP contribution in [-0.4, -0.2) is 271 Å². The predicted octanol–water partition coefficient (Wildman–Crippen LogP) is -6.57. The molecule has 0 saturated carbocycles. The zero-order chi connectivity index (χ0) is 88.5. The Labute approximate surface area is 676 Å². The number of rotatable bonds is 56. The minimum absolute atomic E-state index is 0.00492. The highest BCUT2D eigenvalue weighted by Crippen LogP contribution is 2.23. The lowest BCUT2D eigenvalue weighted by atomic mass is 9.96. The first-order chi connectivity index (χ1) is 55.0. The summed E-state index contributed by atoms with van der Waals surface area (Å²) in [5.74, 6) is -23.0. The number of carboxylic acids is 4. The maximum Gasteiger partial charge on any atom is 0.322 e. The maximum atomic E-state index is 14.7. The number of nitrogens with zero attached hydrogens (tertiary/aromatic N) is 1. The summed E-state index contributed by atoms with van der Waals surface area (Å²) in [5.41, 5.74) is 23.5. The van der Waals surface area contributed by atoms with E-state index in [0.29, 0.717) is 18.4 Å². The van der Waals surface area contributed by atoms with Gasteiger partial charge in [0, 0.05) is 32.2 Å². The van der Waals surface area contributed by atoms with Gasteiger partial charge in [0.1, 0.15) is 79.0 Å². The van der Waals surface area contributed by atoms with Crippen LogP contribution in [0.15, 0.2) is 30.3 Å². The number of carboxylic acid groups (broad SMARTS) is 4. The van der Waals surface area contributed by atoms with Crippen LogP contribution in [-0.2, 0) is 97.5 Å². The Hall–Kier alpha value is -11.0. The van der Waals surface area contributed by atoms with Gasteiger partial charge in [-0.25, -0.2) is 0 Å². The lowest BCUT2D eigenvalue weighted by Crippen LogP contribution is -2.63. The van der Waals surface area contributed by atoms with Gasteiger partial charge in [-0.1, -0.05) is 78.3 Å². The second kappa shape index (κ2) is 52.5. The number of aliphatic carboxylic acids is 4. The summed E-state index contributed by atoms with van der Waals surface area (Å²) in [4.78, 5) is 256. The van der Waals surface area contributed by atoms with Crippen molar-refractivity contribution in [1.82, 2.24) is 74.0 Å². The SMILES string of the molecule is CC[C@H](C)[C@H](NC(=O)[C@H](CC(N)=O)NC(=O)[C@H](CCC(=O)O)NC(=O)[C@@H](NC(=O)[C@@H](NC(=O)[C@H](CCCCN)NC(=O)[C@H](CC(C)C)NC(=O)[C@H](CCCCN)NC(=O)[C@H](Cc1ccccc1)NC(=O)[C@H](CCC(=O)O)NC(=O)[C@@H](NC(=O)[C@@H](N)CCC(=O)O)C(C)C)[C@@H](C)O)[C@@H](C)O)C(=O)N1CCC[C@H]1C(=O)NCC(=O)NCC(=O)O. The van der Waals surface area contributed by atoms with Gasteiger partial charge in [-0.05, 0) is 127 Å². The Morgan fingerprint density at radius 2 is 0.855 bits per heavy atom. The summed E-state index contributed by atoms with van der Waals surface area (Å²) < 4.78 is 0. The zero-order valence-corrected chi connectivity index (χ0v) is 67.2. The third kappa shape index (κ3) is 37.6. The maximum absolute atomic E-state index is 14.7.